The van der Waals surface area contributed by atoms with Gasteiger partial charge in [0.2, 0.25) is 5.91 Å². The van der Waals surface area contributed by atoms with E-state index in [1.165, 1.54) is 17.9 Å². The summed E-state index contributed by atoms with van der Waals surface area (Å²) in [7, 11) is 0. The Morgan fingerprint density at radius 3 is 2.74 bits per heavy atom. The monoisotopic (exact) mass is 468 g/mol. The van der Waals surface area contributed by atoms with Gasteiger partial charge in [-0.3, -0.25) is 19.7 Å². The fourth-order valence-electron chi connectivity index (χ4n) is 4.44. The van der Waals surface area contributed by atoms with Crippen molar-refractivity contribution in [2.45, 2.75) is 51.0 Å². The Bertz CT molecular complexity index is 1050. The van der Waals surface area contributed by atoms with E-state index in [9.17, 15) is 14.4 Å². The molecule has 180 valence electrons. The minimum Gasteiger partial charge on any atom is -0.444 e. The summed E-state index contributed by atoms with van der Waals surface area (Å²) in [5.41, 5.74) is 5.08. The molecule has 2 aromatic rings. The Morgan fingerprint density at radius 2 is 2.00 bits per heavy atom. The quantitative estimate of drug-likeness (QED) is 0.670. The normalized spacial score (nSPS) is 20.7. The van der Waals surface area contributed by atoms with Crippen LogP contribution in [-0.2, 0) is 20.7 Å². The number of Topliss-reactive ketones (excluding diaryl/α,β-unsaturated/α-hetero) is 1. The number of amides is 2. The highest BCUT2D eigenvalue weighted by molar-refractivity contribution is 5.89. The third-order valence-electron chi connectivity index (χ3n) is 6.33. The number of nitrogens with one attached hydrogen (secondary N) is 1. The number of hydrogen-bond acceptors (Lipinski definition) is 6. The highest BCUT2D eigenvalue weighted by Crippen LogP contribution is 2.31. The average molecular weight is 469 g/mol. The summed E-state index contributed by atoms with van der Waals surface area (Å²) in [6.45, 7) is 2.84. The molecule has 1 aromatic heterocycles. The van der Waals surface area contributed by atoms with E-state index in [1.54, 1.807) is 29.5 Å². The number of nitrogens with zero attached hydrogens (tertiary/aromatic N) is 3. The van der Waals surface area contributed by atoms with Crippen LogP contribution in [0.3, 0.4) is 0 Å². The van der Waals surface area contributed by atoms with E-state index in [-0.39, 0.29) is 36.0 Å². The first kappa shape index (κ1) is 23.8. The summed E-state index contributed by atoms with van der Waals surface area (Å²) in [4.78, 5) is 41.5. The van der Waals surface area contributed by atoms with Gasteiger partial charge in [0.1, 0.15) is 17.7 Å². The number of halogens is 1. The van der Waals surface area contributed by atoms with Crippen molar-refractivity contribution in [1.82, 2.24) is 15.4 Å². The van der Waals surface area contributed by atoms with Crippen molar-refractivity contribution < 1.29 is 23.5 Å². The van der Waals surface area contributed by atoms with Gasteiger partial charge in [-0.05, 0) is 67.5 Å². The maximum atomic E-state index is 15.1. The van der Waals surface area contributed by atoms with E-state index < -0.39 is 6.09 Å². The summed E-state index contributed by atoms with van der Waals surface area (Å²) in [5.74, 6) is -0.414. The lowest BCUT2D eigenvalue weighted by molar-refractivity contribution is -0.133. The second-order valence-electron chi connectivity index (χ2n) is 8.82. The number of pyridine rings is 1. The fraction of sp³-hybridized carbons (Fsp3) is 0.440. The van der Waals surface area contributed by atoms with E-state index in [2.05, 4.69) is 10.4 Å². The van der Waals surface area contributed by atoms with Gasteiger partial charge in [0.05, 0.1) is 18.7 Å². The summed E-state index contributed by atoms with van der Waals surface area (Å²) >= 11 is 0. The number of carbonyl (C=O) groups excluding carboxylic acids is 3. The van der Waals surface area contributed by atoms with Crippen molar-refractivity contribution in [1.29, 1.82) is 0 Å². The van der Waals surface area contributed by atoms with Crippen LogP contribution in [-0.4, -0.2) is 53.5 Å². The van der Waals surface area contributed by atoms with Crippen LogP contribution in [0.1, 0.15) is 49.7 Å². The molecule has 0 spiro atoms. The second-order valence-corrected chi connectivity index (χ2v) is 8.82. The van der Waals surface area contributed by atoms with Crippen LogP contribution < -0.4 is 10.3 Å². The summed E-state index contributed by atoms with van der Waals surface area (Å²) in [6, 6.07) is 8.46. The molecule has 1 aromatic carbocycles. The molecule has 3 heterocycles. The number of hydrazine groups is 1. The number of carbonyl (C=O) groups is 3. The van der Waals surface area contributed by atoms with Crippen molar-refractivity contribution in [3.05, 3.63) is 59.7 Å². The number of rotatable bonds is 7. The molecule has 0 aliphatic carbocycles. The first-order chi connectivity index (χ1) is 16.4. The van der Waals surface area contributed by atoms with Gasteiger partial charge in [0.25, 0.3) is 0 Å². The van der Waals surface area contributed by atoms with E-state index >= 15 is 4.39 Å². The van der Waals surface area contributed by atoms with Gasteiger partial charge in [0, 0.05) is 31.9 Å². The van der Waals surface area contributed by atoms with Crippen LogP contribution in [0, 0.1) is 5.82 Å². The zero-order chi connectivity index (χ0) is 24.1. The van der Waals surface area contributed by atoms with Gasteiger partial charge in [-0.15, -0.1) is 0 Å². The Hall–Kier alpha value is -3.33. The highest BCUT2D eigenvalue weighted by atomic mass is 19.1. The van der Waals surface area contributed by atoms with Crippen LogP contribution in [0.15, 0.2) is 42.7 Å². The Morgan fingerprint density at radius 1 is 1.21 bits per heavy atom. The molecule has 8 nitrogen and oxygen atoms in total. The number of aromatic nitrogens is 1. The van der Waals surface area contributed by atoms with Crippen molar-refractivity contribution >= 4 is 23.5 Å². The van der Waals surface area contributed by atoms with Gasteiger partial charge in [-0.1, -0.05) is 6.07 Å². The summed E-state index contributed by atoms with van der Waals surface area (Å²) < 4.78 is 20.4. The van der Waals surface area contributed by atoms with Gasteiger partial charge in [-0.25, -0.2) is 14.6 Å². The lowest BCUT2D eigenvalue weighted by Crippen LogP contribution is -2.43. The molecule has 2 atom stereocenters. The van der Waals surface area contributed by atoms with Crippen molar-refractivity contribution in [3.8, 4) is 0 Å². The maximum Gasteiger partial charge on any atom is 0.414 e. The largest absolute Gasteiger partial charge is 0.444 e. The minimum absolute atomic E-state index is 0.0328. The predicted molar refractivity (Wildman–Crippen MR) is 124 cm³/mol. The topological polar surface area (TPSA) is 91.8 Å². The van der Waals surface area contributed by atoms with Crippen molar-refractivity contribution in [2.24, 2.45) is 0 Å². The molecule has 2 fully saturated rings. The molecular formula is C25H29FN4O4. The molecule has 0 saturated carbocycles. The Balaban J connectivity index is 1.37. The number of hydrogen-bond donors (Lipinski definition) is 1. The molecule has 2 aliphatic heterocycles. The lowest BCUT2D eigenvalue weighted by Gasteiger charge is -2.21. The number of anilines is 1. The van der Waals surface area contributed by atoms with Gasteiger partial charge < -0.3 is 9.53 Å². The number of ketones is 1. The molecule has 0 radical (unpaired) electrons. The van der Waals surface area contributed by atoms with Gasteiger partial charge in [0.15, 0.2) is 0 Å². The SMILES string of the molecule is CC(=O)CC[C@H]1CN(c2ccc(C3CCNN(C(=O)Cc4ccncc4)CC3)c(F)c2)C(=O)O1. The smallest absolute Gasteiger partial charge is 0.414 e. The van der Waals surface area contributed by atoms with Crippen LogP contribution in [0.2, 0.25) is 0 Å². The van der Waals surface area contributed by atoms with Crippen molar-refractivity contribution in [3.63, 3.8) is 0 Å². The first-order valence-corrected chi connectivity index (χ1v) is 11.6. The van der Waals surface area contributed by atoms with E-state index in [4.69, 9.17) is 4.74 Å². The first-order valence-electron chi connectivity index (χ1n) is 11.6. The summed E-state index contributed by atoms with van der Waals surface area (Å²) in [6.07, 6.45) is 4.83. The number of cyclic esters (lactones) is 1. The van der Waals surface area contributed by atoms with E-state index in [0.717, 1.165) is 5.56 Å². The fourth-order valence-corrected chi connectivity index (χ4v) is 4.44. The van der Waals surface area contributed by atoms with Crippen LogP contribution in [0.4, 0.5) is 14.9 Å². The summed E-state index contributed by atoms with van der Waals surface area (Å²) in [5, 5.41) is 1.62. The van der Waals surface area contributed by atoms with Crippen molar-refractivity contribution in [2.75, 3.05) is 24.5 Å². The third-order valence-corrected chi connectivity index (χ3v) is 6.33. The average Bonchev–Trinajstić information content (AvgIpc) is 3.02. The molecule has 1 unspecified atom stereocenters. The van der Waals surface area contributed by atoms with Crippen LogP contribution in [0.25, 0.3) is 0 Å². The zero-order valence-electron chi connectivity index (χ0n) is 19.2. The van der Waals surface area contributed by atoms with Crippen LogP contribution >= 0.6 is 0 Å². The third kappa shape index (κ3) is 5.77. The number of benzene rings is 1. The van der Waals surface area contributed by atoms with E-state index in [0.29, 0.717) is 56.6 Å². The Labute approximate surface area is 198 Å². The minimum atomic E-state index is -0.525. The molecule has 2 aliphatic rings. The molecule has 2 saturated heterocycles. The molecule has 0 bridgehead atoms. The number of ether oxygens (including phenoxy) is 1. The predicted octanol–water partition coefficient (Wildman–Crippen LogP) is 3.37. The molecule has 2 amide bonds. The van der Waals surface area contributed by atoms with Gasteiger partial charge in [-0.2, -0.15) is 0 Å². The molecule has 34 heavy (non-hydrogen) atoms. The molecule has 4 rings (SSSR count). The molecule has 9 heteroatoms. The van der Waals surface area contributed by atoms with Crippen LogP contribution in [0.5, 0.6) is 0 Å². The van der Waals surface area contributed by atoms with E-state index in [1.807, 2.05) is 12.1 Å². The second kappa shape index (κ2) is 10.7. The highest BCUT2D eigenvalue weighted by Gasteiger charge is 2.33. The standard InChI is InChI=1S/C25H29FN4O4/c1-17(31)2-4-21-16-29(25(33)34-21)20-3-5-22(23(26)15-20)19-8-12-28-30(13-9-19)24(32)14-18-6-10-27-11-7-18/h3,5-7,10-11,15,19,21,28H,2,4,8-9,12-14,16H2,1H3/t19?,21-/m0/s1. The van der Waals surface area contributed by atoms with Gasteiger partial charge >= 0.3 is 6.09 Å². The molecular weight excluding hydrogens is 439 g/mol. The Kier molecular flexibility index (Phi) is 7.52. The maximum absolute atomic E-state index is 15.1. The lowest BCUT2D eigenvalue weighted by atomic mass is 9.92. The molecule has 1 N–H and O–H groups in total. The zero-order valence-corrected chi connectivity index (χ0v) is 19.2.